The van der Waals surface area contributed by atoms with E-state index in [0.29, 0.717) is 25.6 Å². The largest absolute Gasteiger partial charge is 0.494 e. The lowest BCUT2D eigenvalue weighted by Gasteiger charge is -2.16. The molecule has 0 radical (unpaired) electrons. The van der Waals surface area contributed by atoms with Gasteiger partial charge >= 0.3 is 0 Å². The standard InChI is InChI=1S/C25H30N2O4S/c28-25(22-8-9-22)23-10-12-24(13-11-23)31-17-4-7-21-14-16-27(19-21)26-32(29,30)18-15-20-5-2-1-3-6-20/h1-3,5-6,10-13,15,18,21-22,26H,4,7-9,14,16-17,19H2/t21-/m1/s1. The van der Waals surface area contributed by atoms with Crippen molar-refractivity contribution in [1.82, 2.24) is 9.84 Å². The molecule has 1 saturated heterocycles. The van der Waals surface area contributed by atoms with Crippen LogP contribution in [0.4, 0.5) is 0 Å². The first-order valence-corrected chi connectivity index (χ1v) is 12.8. The van der Waals surface area contributed by atoms with E-state index in [-0.39, 0.29) is 11.7 Å². The summed E-state index contributed by atoms with van der Waals surface area (Å²) in [4.78, 5) is 14.7. The van der Waals surface area contributed by atoms with Gasteiger partial charge in [0.2, 0.25) is 10.0 Å². The number of benzene rings is 2. The first kappa shape index (κ1) is 22.7. The van der Waals surface area contributed by atoms with Crippen LogP contribution in [0.2, 0.25) is 0 Å². The number of carbonyl (C=O) groups is 1. The minimum Gasteiger partial charge on any atom is -0.494 e. The van der Waals surface area contributed by atoms with Gasteiger partial charge in [-0.05, 0) is 73.9 Å². The van der Waals surface area contributed by atoms with Gasteiger partial charge in [0.05, 0.1) is 6.61 Å². The first-order valence-electron chi connectivity index (χ1n) is 11.3. The van der Waals surface area contributed by atoms with Gasteiger partial charge in [0.15, 0.2) is 5.78 Å². The molecule has 1 aliphatic heterocycles. The van der Waals surface area contributed by atoms with Crippen LogP contribution in [0.3, 0.4) is 0 Å². The molecule has 170 valence electrons. The Hall–Kier alpha value is -2.48. The number of nitrogens with one attached hydrogen (secondary N) is 1. The summed E-state index contributed by atoms with van der Waals surface area (Å²) in [7, 11) is -3.51. The van der Waals surface area contributed by atoms with Crippen LogP contribution < -0.4 is 9.57 Å². The van der Waals surface area contributed by atoms with E-state index >= 15 is 0 Å². The zero-order valence-corrected chi connectivity index (χ0v) is 19.0. The van der Waals surface area contributed by atoms with E-state index in [1.165, 1.54) is 5.41 Å². The molecule has 6 nitrogen and oxygen atoms in total. The van der Waals surface area contributed by atoms with Crippen molar-refractivity contribution in [3.8, 4) is 5.75 Å². The van der Waals surface area contributed by atoms with E-state index in [9.17, 15) is 13.2 Å². The highest BCUT2D eigenvalue weighted by Gasteiger charge is 2.30. The van der Waals surface area contributed by atoms with Crippen molar-refractivity contribution in [1.29, 1.82) is 0 Å². The topological polar surface area (TPSA) is 75.7 Å². The van der Waals surface area contributed by atoms with Crippen LogP contribution in [-0.4, -0.2) is 38.9 Å². The molecule has 4 rings (SSSR count). The quantitative estimate of drug-likeness (QED) is 0.405. The van der Waals surface area contributed by atoms with Gasteiger partial charge < -0.3 is 4.74 Å². The van der Waals surface area contributed by atoms with Gasteiger partial charge in [-0.1, -0.05) is 30.3 Å². The van der Waals surface area contributed by atoms with Crippen LogP contribution in [0.1, 0.15) is 48.0 Å². The lowest BCUT2D eigenvalue weighted by atomic mass is 10.0. The maximum Gasteiger partial charge on any atom is 0.246 e. The fourth-order valence-corrected chi connectivity index (χ4v) is 4.88. The zero-order valence-electron chi connectivity index (χ0n) is 18.2. The van der Waals surface area contributed by atoms with Crippen LogP contribution in [0.25, 0.3) is 6.08 Å². The van der Waals surface area contributed by atoms with Crippen molar-refractivity contribution >= 4 is 21.9 Å². The Kier molecular flexibility index (Phi) is 7.40. The Bertz CT molecular complexity index is 1030. The molecular formula is C25H30N2O4S. The van der Waals surface area contributed by atoms with Crippen molar-refractivity contribution in [3.63, 3.8) is 0 Å². The third-order valence-corrected chi connectivity index (χ3v) is 6.90. The average molecular weight is 455 g/mol. The lowest BCUT2D eigenvalue weighted by Crippen LogP contribution is -2.39. The molecule has 2 aromatic rings. The molecule has 0 aromatic heterocycles. The highest BCUT2D eigenvalue weighted by molar-refractivity contribution is 7.92. The van der Waals surface area contributed by atoms with Gasteiger partial charge in [-0.3, -0.25) is 4.79 Å². The van der Waals surface area contributed by atoms with Gasteiger partial charge in [-0.2, -0.15) is 0 Å². The molecule has 2 aromatic carbocycles. The number of Topliss-reactive ketones (excluding diaryl/α,β-unsaturated/α-hetero) is 1. The average Bonchev–Trinajstić information content (AvgIpc) is 3.56. The SMILES string of the molecule is O=C(c1ccc(OCCC[C@@H]2CCN(NS(=O)(=O)C=Cc3ccccc3)C2)cc1)C1CC1. The number of hydrogen-bond donors (Lipinski definition) is 1. The number of ether oxygens (including phenoxy) is 1. The number of nitrogens with zero attached hydrogens (tertiary/aromatic N) is 1. The minimum absolute atomic E-state index is 0.233. The molecule has 0 unspecified atom stereocenters. The van der Waals surface area contributed by atoms with Crippen LogP contribution in [0.15, 0.2) is 60.0 Å². The monoisotopic (exact) mass is 454 g/mol. The number of sulfonamides is 1. The van der Waals surface area contributed by atoms with Crippen molar-refractivity contribution in [2.45, 2.75) is 32.1 Å². The highest BCUT2D eigenvalue weighted by atomic mass is 32.2. The summed E-state index contributed by atoms with van der Waals surface area (Å²) < 4.78 is 30.4. The smallest absolute Gasteiger partial charge is 0.246 e. The van der Waals surface area contributed by atoms with E-state index in [2.05, 4.69) is 4.83 Å². The molecule has 32 heavy (non-hydrogen) atoms. The molecule has 0 bridgehead atoms. The van der Waals surface area contributed by atoms with Crippen LogP contribution in [0.5, 0.6) is 5.75 Å². The minimum atomic E-state index is -3.51. The van der Waals surface area contributed by atoms with Gasteiger partial charge in [0.25, 0.3) is 0 Å². The fourth-order valence-electron chi connectivity index (χ4n) is 3.95. The Morgan fingerprint density at radius 1 is 1.06 bits per heavy atom. The maximum atomic E-state index is 12.3. The number of carbonyl (C=O) groups excluding carboxylic acids is 1. The molecule has 0 spiro atoms. The third kappa shape index (κ3) is 6.76. The predicted octanol–water partition coefficient (Wildman–Crippen LogP) is 4.27. The molecule has 2 fully saturated rings. The van der Waals surface area contributed by atoms with E-state index in [0.717, 1.165) is 49.0 Å². The summed E-state index contributed by atoms with van der Waals surface area (Å²) in [5, 5.41) is 3.00. The normalized spacial score (nSPS) is 19.4. The van der Waals surface area contributed by atoms with E-state index in [1.807, 2.05) is 54.6 Å². The van der Waals surface area contributed by atoms with Crippen LogP contribution in [-0.2, 0) is 10.0 Å². The molecule has 7 heteroatoms. The molecule has 1 N–H and O–H groups in total. The molecule has 1 atom stereocenters. The summed E-state index contributed by atoms with van der Waals surface area (Å²) in [5.41, 5.74) is 1.62. The molecule has 1 heterocycles. The maximum absolute atomic E-state index is 12.3. The van der Waals surface area contributed by atoms with Gasteiger partial charge in [-0.15, -0.1) is 4.83 Å². The predicted molar refractivity (Wildman–Crippen MR) is 125 cm³/mol. The molecular weight excluding hydrogens is 424 g/mol. The number of hydrazine groups is 1. The summed E-state index contributed by atoms with van der Waals surface area (Å²) >= 11 is 0. The second kappa shape index (κ2) is 10.4. The number of rotatable bonds is 11. The second-order valence-corrected chi connectivity index (χ2v) is 10.1. The molecule has 1 saturated carbocycles. The molecule has 1 aliphatic carbocycles. The second-order valence-electron chi connectivity index (χ2n) is 8.60. The first-order chi connectivity index (χ1) is 15.5. The van der Waals surface area contributed by atoms with Crippen molar-refractivity contribution in [2.24, 2.45) is 11.8 Å². The van der Waals surface area contributed by atoms with Crippen molar-refractivity contribution in [2.75, 3.05) is 19.7 Å². The van der Waals surface area contributed by atoms with Gasteiger partial charge in [0.1, 0.15) is 5.75 Å². The van der Waals surface area contributed by atoms with Crippen molar-refractivity contribution in [3.05, 3.63) is 71.1 Å². The van der Waals surface area contributed by atoms with Crippen LogP contribution in [0, 0.1) is 11.8 Å². The van der Waals surface area contributed by atoms with Gasteiger partial charge in [-0.25, -0.2) is 13.4 Å². The Balaban J connectivity index is 1.15. The third-order valence-electron chi connectivity index (χ3n) is 5.89. The zero-order chi connectivity index (χ0) is 22.4. The summed E-state index contributed by atoms with van der Waals surface area (Å²) in [6.07, 6.45) is 6.48. The lowest BCUT2D eigenvalue weighted by molar-refractivity contribution is 0.0967. The van der Waals surface area contributed by atoms with E-state index in [4.69, 9.17) is 4.74 Å². The van der Waals surface area contributed by atoms with Gasteiger partial charge in [0, 0.05) is 30.0 Å². The number of hydrogen-bond acceptors (Lipinski definition) is 5. The summed E-state index contributed by atoms with van der Waals surface area (Å²) in [6, 6.07) is 16.8. The molecule has 2 aliphatic rings. The number of ketones is 1. The molecule has 0 amide bonds. The summed E-state index contributed by atoms with van der Waals surface area (Å²) in [5.74, 6) is 1.70. The Morgan fingerprint density at radius 2 is 1.81 bits per heavy atom. The van der Waals surface area contributed by atoms with Crippen molar-refractivity contribution < 1.29 is 17.9 Å². The van der Waals surface area contributed by atoms with E-state index < -0.39 is 10.0 Å². The van der Waals surface area contributed by atoms with E-state index in [1.54, 1.807) is 11.1 Å². The highest BCUT2D eigenvalue weighted by Crippen LogP contribution is 2.33. The fraction of sp³-hybridized carbons (Fsp3) is 0.400. The summed E-state index contributed by atoms with van der Waals surface area (Å²) in [6.45, 7) is 2.02. The Morgan fingerprint density at radius 3 is 2.53 bits per heavy atom. The Labute approximate surface area is 190 Å². The van der Waals surface area contributed by atoms with Crippen LogP contribution >= 0.6 is 0 Å².